The predicted octanol–water partition coefficient (Wildman–Crippen LogP) is 6.61. The highest BCUT2D eigenvalue weighted by Crippen LogP contribution is 2.40. The van der Waals surface area contributed by atoms with Gasteiger partial charge in [-0.15, -0.1) is 0 Å². The van der Waals surface area contributed by atoms with Crippen LogP contribution in [0.4, 0.5) is 11.8 Å². The maximum atomic E-state index is 6.84. The summed E-state index contributed by atoms with van der Waals surface area (Å²) in [5.74, 6) is 2.21. The standard InChI is InChI=1S/C31H32ClN9O2/c1-31(2,3)25-14-26(38-41(25)20-12-21(13-20)42-18-19-8-6-5-7-9-19)36-30-37-29-28(39(30)4)27(32)24(16-34-29)43-23-17-35-40-11-10-33-15-22(23)40/h5-11,14-17,20-21H,12-13,18H2,1-4H3,(H,34,36,37,38)/t20-,21-. The zero-order valence-corrected chi connectivity index (χ0v) is 25.2. The molecule has 7 rings (SSSR count). The molecule has 220 valence electrons. The third kappa shape index (κ3) is 5.19. The van der Waals surface area contributed by atoms with Crippen LogP contribution in [-0.4, -0.2) is 45.0 Å². The van der Waals surface area contributed by atoms with Crippen LogP contribution < -0.4 is 10.1 Å². The van der Waals surface area contributed by atoms with Crippen molar-refractivity contribution < 1.29 is 9.47 Å². The molecule has 0 bridgehead atoms. The van der Waals surface area contributed by atoms with Crippen LogP contribution in [0.1, 0.15) is 50.9 Å². The molecule has 5 heterocycles. The lowest BCUT2D eigenvalue weighted by Gasteiger charge is -2.37. The Morgan fingerprint density at radius 2 is 1.88 bits per heavy atom. The van der Waals surface area contributed by atoms with Crippen LogP contribution in [0.5, 0.6) is 11.5 Å². The molecule has 1 aromatic carbocycles. The Morgan fingerprint density at radius 1 is 1.07 bits per heavy atom. The second-order valence-corrected chi connectivity index (χ2v) is 12.3. The minimum absolute atomic E-state index is 0.0972. The average molecular weight is 598 g/mol. The largest absolute Gasteiger partial charge is 0.450 e. The van der Waals surface area contributed by atoms with Gasteiger partial charge in [0.15, 0.2) is 23.0 Å². The molecule has 11 nitrogen and oxygen atoms in total. The number of fused-ring (bicyclic) bond motifs is 2. The summed E-state index contributed by atoms with van der Waals surface area (Å²) in [7, 11) is 1.89. The molecule has 1 N–H and O–H groups in total. The fraction of sp³-hybridized carbons (Fsp3) is 0.323. The van der Waals surface area contributed by atoms with Gasteiger partial charge in [0.1, 0.15) is 16.1 Å². The summed E-state index contributed by atoms with van der Waals surface area (Å²) in [6, 6.07) is 12.7. The van der Waals surface area contributed by atoms with Crippen molar-refractivity contribution in [1.82, 2.24) is 38.9 Å². The molecule has 6 aromatic rings. The molecular weight excluding hydrogens is 566 g/mol. The van der Waals surface area contributed by atoms with Crippen molar-refractivity contribution >= 4 is 40.0 Å². The Labute approximate surface area is 253 Å². The van der Waals surface area contributed by atoms with Crippen LogP contribution in [0.2, 0.25) is 5.02 Å². The van der Waals surface area contributed by atoms with Crippen molar-refractivity contribution in [3.05, 3.63) is 83.7 Å². The highest BCUT2D eigenvalue weighted by atomic mass is 35.5. The molecule has 0 atom stereocenters. The molecular formula is C31H32ClN9O2. The van der Waals surface area contributed by atoms with E-state index in [9.17, 15) is 0 Å². The highest BCUT2D eigenvalue weighted by molar-refractivity contribution is 6.36. The first kappa shape index (κ1) is 27.4. The Morgan fingerprint density at radius 3 is 2.67 bits per heavy atom. The number of hydrogen-bond donors (Lipinski definition) is 1. The number of halogens is 1. The maximum absolute atomic E-state index is 6.84. The maximum Gasteiger partial charge on any atom is 0.210 e. The van der Waals surface area contributed by atoms with E-state index in [-0.39, 0.29) is 17.6 Å². The van der Waals surface area contributed by atoms with Gasteiger partial charge < -0.3 is 19.4 Å². The molecule has 43 heavy (non-hydrogen) atoms. The summed E-state index contributed by atoms with van der Waals surface area (Å²) >= 11 is 6.84. The normalized spacial score (nSPS) is 17.0. The minimum Gasteiger partial charge on any atom is -0.450 e. The van der Waals surface area contributed by atoms with Gasteiger partial charge in [0.2, 0.25) is 5.95 Å². The van der Waals surface area contributed by atoms with E-state index < -0.39 is 0 Å². The van der Waals surface area contributed by atoms with Gasteiger partial charge >= 0.3 is 0 Å². The molecule has 0 spiro atoms. The van der Waals surface area contributed by atoms with Gasteiger partial charge in [0, 0.05) is 36.6 Å². The first-order valence-electron chi connectivity index (χ1n) is 14.2. The smallest absolute Gasteiger partial charge is 0.210 e. The van der Waals surface area contributed by atoms with Gasteiger partial charge in [-0.05, 0) is 18.4 Å². The average Bonchev–Trinajstić information content (AvgIpc) is 3.66. The van der Waals surface area contributed by atoms with Gasteiger partial charge in [0.05, 0.1) is 37.3 Å². The number of benzene rings is 1. The molecule has 1 aliphatic carbocycles. The number of aryl methyl sites for hydroxylation is 1. The number of nitrogens with one attached hydrogen (secondary N) is 1. The number of pyridine rings is 1. The summed E-state index contributed by atoms with van der Waals surface area (Å²) < 4.78 is 18.0. The van der Waals surface area contributed by atoms with E-state index in [4.69, 9.17) is 31.2 Å². The quantitative estimate of drug-likeness (QED) is 0.209. The zero-order chi connectivity index (χ0) is 29.7. The number of rotatable bonds is 8. The minimum atomic E-state index is -0.0972. The molecule has 1 fully saturated rings. The topological polar surface area (TPSA) is 109 Å². The Balaban J connectivity index is 1.11. The first-order chi connectivity index (χ1) is 20.7. The molecule has 1 aliphatic rings. The van der Waals surface area contributed by atoms with Crippen LogP contribution in [-0.2, 0) is 23.8 Å². The van der Waals surface area contributed by atoms with Crippen molar-refractivity contribution in [1.29, 1.82) is 0 Å². The van der Waals surface area contributed by atoms with Crippen molar-refractivity contribution in [3.8, 4) is 11.5 Å². The molecule has 0 saturated heterocycles. The molecule has 0 unspecified atom stereocenters. The molecule has 0 aliphatic heterocycles. The van der Waals surface area contributed by atoms with E-state index in [1.54, 1.807) is 35.5 Å². The van der Waals surface area contributed by atoms with Gasteiger partial charge in [-0.2, -0.15) is 15.2 Å². The van der Waals surface area contributed by atoms with Crippen LogP contribution in [0, 0.1) is 0 Å². The van der Waals surface area contributed by atoms with Crippen molar-refractivity contribution in [3.63, 3.8) is 0 Å². The van der Waals surface area contributed by atoms with Gasteiger partial charge in [0.25, 0.3) is 0 Å². The lowest BCUT2D eigenvalue weighted by molar-refractivity contribution is -0.0394. The highest BCUT2D eigenvalue weighted by Gasteiger charge is 2.35. The molecule has 12 heteroatoms. The number of ether oxygens (including phenoxy) is 2. The summed E-state index contributed by atoms with van der Waals surface area (Å²) in [4.78, 5) is 13.4. The monoisotopic (exact) mass is 597 g/mol. The van der Waals surface area contributed by atoms with E-state index >= 15 is 0 Å². The molecule has 5 aromatic heterocycles. The Bertz CT molecular complexity index is 1920. The zero-order valence-electron chi connectivity index (χ0n) is 24.4. The molecule has 0 radical (unpaired) electrons. The molecule has 0 amide bonds. The SMILES string of the molecule is Cn1c(Nc2cc(C(C)(C)C)n([C@H]3C[C@H](OCc4ccccc4)C3)n2)nc2ncc(Oc3cnn4ccncc34)c(Cl)c21. The predicted molar refractivity (Wildman–Crippen MR) is 164 cm³/mol. The summed E-state index contributed by atoms with van der Waals surface area (Å²) in [6.07, 6.45) is 10.4. The lowest BCUT2D eigenvalue weighted by atomic mass is 9.86. The second-order valence-electron chi connectivity index (χ2n) is 11.9. The Hall–Kier alpha value is -4.48. The third-order valence-electron chi connectivity index (χ3n) is 7.80. The number of hydrogen-bond acceptors (Lipinski definition) is 8. The fourth-order valence-electron chi connectivity index (χ4n) is 5.38. The van der Waals surface area contributed by atoms with E-state index in [1.165, 1.54) is 5.56 Å². The number of aromatic nitrogens is 8. The summed E-state index contributed by atoms with van der Waals surface area (Å²) in [5, 5.41) is 13.1. The van der Waals surface area contributed by atoms with Crippen LogP contribution >= 0.6 is 11.6 Å². The fourth-order valence-corrected chi connectivity index (χ4v) is 5.67. The van der Waals surface area contributed by atoms with Crippen LogP contribution in [0.25, 0.3) is 16.7 Å². The second kappa shape index (κ2) is 10.7. The number of imidazole rings is 1. The van der Waals surface area contributed by atoms with Gasteiger partial charge in [-0.25, -0.2) is 9.50 Å². The van der Waals surface area contributed by atoms with E-state index in [0.717, 1.165) is 24.1 Å². The number of nitrogens with zero attached hydrogens (tertiary/aromatic N) is 8. The summed E-state index contributed by atoms with van der Waals surface area (Å²) in [5.41, 5.74) is 4.10. The van der Waals surface area contributed by atoms with Crippen molar-refractivity contribution in [2.24, 2.45) is 7.05 Å². The Kier molecular flexibility index (Phi) is 6.78. The molecule has 1 saturated carbocycles. The van der Waals surface area contributed by atoms with E-state index in [0.29, 0.717) is 46.1 Å². The van der Waals surface area contributed by atoms with E-state index in [1.807, 2.05) is 29.8 Å². The van der Waals surface area contributed by atoms with Gasteiger partial charge in [-0.1, -0.05) is 62.7 Å². The lowest BCUT2D eigenvalue weighted by Crippen LogP contribution is -2.36. The number of anilines is 2. The van der Waals surface area contributed by atoms with Crippen LogP contribution in [0.15, 0.2) is 67.4 Å². The van der Waals surface area contributed by atoms with Gasteiger partial charge in [-0.3, -0.25) is 9.67 Å². The third-order valence-corrected chi connectivity index (χ3v) is 8.17. The van der Waals surface area contributed by atoms with E-state index in [2.05, 4.69) is 64.0 Å². The summed E-state index contributed by atoms with van der Waals surface area (Å²) in [6.45, 7) is 7.23. The first-order valence-corrected chi connectivity index (χ1v) is 14.6. The van der Waals surface area contributed by atoms with Crippen molar-refractivity contribution in [2.75, 3.05) is 5.32 Å². The van der Waals surface area contributed by atoms with Crippen LogP contribution in [0.3, 0.4) is 0 Å². The van der Waals surface area contributed by atoms with Crippen molar-refractivity contribution in [2.45, 2.75) is 57.8 Å².